The highest BCUT2D eigenvalue weighted by molar-refractivity contribution is 7.22. The predicted octanol–water partition coefficient (Wildman–Crippen LogP) is 4.57. The standard InChI is InChI=1S/C23H18ClN3O3S/c24-14-6-5-7-15(12-14)27(23-25-18-10-3-4-11-19(18)31-23)20(28)13-26-21(29)16-8-1-2-9-17(16)22(26)30/h1-7,10-12,16-17H,8-9,13H2/t16-,17-/m1/s1. The van der Waals surface area contributed by atoms with Gasteiger partial charge in [0.2, 0.25) is 11.8 Å². The van der Waals surface area contributed by atoms with Gasteiger partial charge in [-0.1, -0.05) is 53.3 Å². The molecule has 8 heteroatoms. The summed E-state index contributed by atoms with van der Waals surface area (Å²) in [7, 11) is 0. The summed E-state index contributed by atoms with van der Waals surface area (Å²) >= 11 is 7.55. The molecule has 2 atom stereocenters. The number of anilines is 2. The average molecular weight is 452 g/mol. The number of aromatic nitrogens is 1. The van der Waals surface area contributed by atoms with Crippen molar-refractivity contribution in [1.29, 1.82) is 0 Å². The Labute approximate surface area is 187 Å². The SMILES string of the molecule is O=C1[C@@H]2CC=CC[C@H]2C(=O)N1CC(=O)N(c1cccc(Cl)c1)c1nc2ccccc2s1. The third-order valence-electron chi connectivity index (χ3n) is 5.68. The fourth-order valence-corrected chi connectivity index (χ4v) is 5.35. The van der Waals surface area contributed by atoms with Crippen LogP contribution in [0.3, 0.4) is 0 Å². The lowest BCUT2D eigenvalue weighted by molar-refractivity contribution is -0.143. The van der Waals surface area contributed by atoms with Gasteiger partial charge in [-0.3, -0.25) is 24.2 Å². The molecule has 1 aromatic heterocycles. The highest BCUT2D eigenvalue weighted by Gasteiger charge is 2.48. The first-order chi connectivity index (χ1) is 15.0. The van der Waals surface area contributed by atoms with Crippen molar-refractivity contribution < 1.29 is 14.4 Å². The molecular weight excluding hydrogens is 434 g/mol. The first-order valence-corrected chi connectivity index (χ1v) is 11.2. The number of halogens is 1. The Balaban J connectivity index is 1.50. The first-order valence-electron chi connectivity index (χ1n) is 9.97. The molecule has 3 aromatic rings. The van der Waals surface area contributed by atoms with Gasteiger partial charge in [0.1, 0.15) is 6.54 Å². The lowest BCUT2D eigenvalue weighted by Crippen LogP contribution is -2.41. The van der Waals surface area contributed by atoms with Crippen LogP contribution in [0.25, 0.3) is 10.2 Å². The number of carbonyl (C=O) groups is 3. The largest absolute Gasteiger partial charge is 0.274 e. The van der Waals surface area contributed by atoms with Gasteiger partial charge >= 0.3 is 0 Å². The fourth-order valence-electron chi connectivity index (χ4n) is 4.16. The molecule has 31 heavy (non-hydrogen) atoms. The number of carbonyl (C=O) groups excluding carboxylic acids is 3. The second kappa shape index (κ2) is 7.90. The van der Waals surface area contributed by atoms with Gasteiger partial charge in [-0.2, -0.15) is 0 Å². The summed E-state index contributed by atoms with van der Waals surface area (Å²) in [5.41, 5.74) is 1.31. The van der Waals surface area contributed by atoms with Gasteiger partial charge in [-0.05, 0) is 43.2 Å². The maximum atomic E-state index is 13.5. The topological polar surface area (TPSA) is 70.6 Å². The lowest BCUT2D eigenvalue weighted by Gasteiger charge is -2.23. The minimum Gasteiger partial charge on any atom is -0.274 e. The molecule has 1 saturated heterocycles. The fraction of sp³-hybridized carbons (Fsp3) is 0.217. The van der Waals surface area contributed by atoms with Gasteiger partial charge in [0, 0.05) is 5.02 Å². The summed E-state index contributed by atoms with van der Waals surface area (Å²) in [5, 5.41) is 0.938. The van der Waals surface area contributed by atoms with Crippen LogP contribution in [0.2, 0.25) is 5.02 Å². The van der Waals surface area contributed by atoms with Crippen LogP contribution in [-0.2, 0) is 14.4 Å². The van der Waals surface area contributed by atoms with E-state index in [0.29, 0.717) is 28.7 Å². The van der Waals surface area contributed by atoms with E-state index in [1.54, 1.807) is 24.3 Å². The number of thiazole rings is 1. The van der Waals surface area contributed by atoms with Gasteiger partial charge in [-0.25, -0.2) is 4.98 Å². The van der Waals surface area contributed by atoms with Crippen LogP contribution in [0.5, 0.6) is 0 Å². The van der Waals surface area contributed by atoms with E-state index in [2.05, 4.69) is 4.98 Å². The second-order valence-electron chi connectivity index (χ2n) is 7.59. The van der Waals surface area contributed by atoms with E-state index in [1.807, 2.05) is 36.4 Å². The van der Waals surface area contributed by atoms with Crippen molar-refractivity contribution in [2.45, 2.75) is 12.8 Å². The van der Waals surface area contributed by atoms with Crippen molar-refractivity contribution in [2.75, 3.05) is 11.4 Å². The molecule has 1 fully saturated rings. The Morgan fingerprint density at radius 1 is 1.06 bits per heavy atom. The highest BCUT2D eigenvalue weighted by Crippen LogP contribution is 2.37. The number of fused-ring (bicyclic) bond motifs is 2. The van der Waals surface area contributed by atoms with Crippen molar-refractivity contribution in [3.8, 4) is 0 Å². The predicted molar refractivity (Wildman–Crippen MR) is 120 cm³/mol. The van der Waals surface area contributed by atoms with Gasteiger partial charge in [0.15, 0.2) is 5.13 Å². The molecule has 3 amide bonds. The van der Waals surface area contributed by atoms with Crippen molar-refractivity contribution in [3.63, 3.8) is 0 Å². The molecule has 0 bridgehead atoms. The molecule has 6 nitrogen and oxygen atoms in total. The second-order valence-corrected chi connectivity index (χ2v) is 9.04. The number of amides is 3. The van der Waals surface area contributed by atoms with Crippen molar-refractivity contribution in [2.24, 2.45) is 11.8 Å². The third-order valence-corrected chi connectivity index (χ3v) is 6.94. The van der Waals surface area contributed by atoms with E-state index in [4.69, 9.17) is 11.6 Å². The summed E-state index contributed by atoms with van der Waals surface area (Å²) in [6, 6.07) is 14.5. The molecule has 5 rings (SSSR count). The van der Waals surface area contributed by atoms with Gasteiger partial charge in [0.05, 0.1) is 27.7 Å². The molecule has 0 N–H and O–H groups in total. The van der Waals surface area contributed by atoms with Crippen LogP contribution in [-0.4, -0.2) is 34.2 Å². The molecule has 1 aliphatic carbocycles. The first kappa shape index (κ1) is 19.9. The van der Waals surface area contributed by atoms with Crippen LogP contribution >= 0.6 is 22.9 Å². The monoisotopic (exact) mass is 451 g/mol. The molecule has 1 aliphatic heterocycles. The summed E-state index contributed by atoms with van der Waals surface area (Å²) in [6.07, 6.45) is 4.93. The van der Waals surface area contributed by atoms with E-state index in [-0.39, 0.29) is 30.2 Å². The molecule has 2 aliphatic rings. The number of allylic oxidation sites excluding steroid dienone is 2. The van der Waals surface area contributed by atoms with E-state index in [1.165, 1.54) is 16.2 Å². The summed E-state index contributed by atoms with van der Waals surface area (Å²) in [6.45, 7) is -0.326. The molecule has 2 heterocycles. The van der Waals surface area contributed by atoms with E-state index in [0.717, 1.165) is 15.1 Å². The minimum atomic E-state index is -0.408. The number of imide groups is 1. The van der Waals surface area contributed by atoms with Crippen molar-refractivity contribution in [1.82, 2.24) is 9.88 Å². The quantitative estimate of drug-likeness (QED) is 0.430. The number of benzene rings is 2. The zero-order valence-electron chi connectivity index (χ0n) is 16.4. The van der Waals surface area contributed by atoms with Gasteiger partial charge < -0.3 is 0 Å². The summed E-state index contributed by atoms with van der Waals surface area (Å²) in [4.78, 5) is 46.3. The zero-order valence-corrected chi connectivity index (χ0v) is 18.0. The molecule has 0 radical (unpaired) electrons. The Hall–Kier alpha value is -3.03. The van der Waals surface area contributed by atoms with E-state index in [9.17, 15) is 14.4 Å². The molecule has 0 unspecified atom stereocenters. The Morgan fingerprint density at radius 3 is 2.45 bits per heavy atom. The molecule has 0 spiro atoms. The number of likely N-dealkylation sites (tertiary alicyclic amines) is 1. The minimum absolute atomic E-state index is 0.275. The lowest BCUT2D eigenvalue weighted by atomic mass is 9.85. The zero-order chi connectivity index (χ0) is 21.5. The number of hydrogen-bond donors (Lipinski definition) is 0. The van der Waals surface area contributed by atoms with Crippen LogP contribution in [0.1, 0.15) is 12.8 Å². The molecule has 2 aromatic carbocycles. The Bertz CT molecular complexity index is 1180. The highest BCUT2D eigenvalue weighted by atomic mass is 35.5. The normalized spacial score (nSPS) is 20.4. The van der Waals surface area contributed by atoms with E-state index < -0.39 is 5.91 Å². The van der Waals surface area contributed by atoms with Gasteiger partial charge in [-0.15, -0.1) is 0 Å². The van der Waals surface area contributed by atoms with Crippen molar-refractivity contribution in [3.05, 3.63) is 65.7 Å². The van der Waals surface area contributed by atoms with Crippen LogP contribution in [0.4, 0.5) is 10.8 Å². The van der Waals surface area contributed by atoms with Crippen LogP contribution in [0.15, 0.2) is 60.7 Å². The van der Waals surface area contributed by atoms with Crippen LogP contribution < -0.4 is 4.90 Å². The van der Waals surface area contributed by atoms with Gasteiger partial charge in [0.25, 0.3) is 5.91 Å². The van der Waals surface area contributed by atoms with Crippen LogP contribution in [0, 0.1) is 11.8 Å². The summed E-state index contributed by atoms with van der Waals surface area (Å²) in [5.74, 6) is -1.69. The van der Waals surface area contributed by atoms with Crippen molar-refractivity contribution >= 4 is 61.7 Å². The molecule has 156 valence electrons. The Morgan fingerprint density at radius 2 is 1.77 bits per heavy atom. The number of rotatable bonds is 4. The molecular formula is C23H18ClN3O3S. The smallest absolute Gasteiger partial charge is 0.253 e. The average Bonchev–Trinajstić information content (AvgIpc) is 3.29. The maximum absolute atomic E-state index is 13.5. The third kappa shape index (κ3) is 3.54. The number of para-hydroxylation sites is 1. The summed E-state index contributed by atoms with van der Waals surface area (Å²) < 4.78 is 0.933. The molecule has 0 saturated carbocycles. The number of hydrogen-bond acceptors (Lipinski definition) is 5. The maximum Gasteiger partial charge on any atom is 0.253 e. The Kier molecular flexibility index (Phi) is 5.08. The van der Waals surface area contributed by atoms with E-state index >= 15 is 0 Å². The number of nitrogens with zero attached hydrogens (tertiary/aromatic N) is 3.